The fourth-order valence-corrected chi connectivity index (χ4v) is 1.02. The molecule has 0 amide bonds. The molecule has 11 heavy (non-hydrogen) atoms. The maximum absolute atomic E-state index is 10.7. The van der Waals surface area contributed by atoms with Gasteiger partial charge in [0.2, 0.25) is 0 Å². The van der Waals surface area contributed by atoms with Gasteiger partial charge in [-0.2, -0.15) is 4.73 Å². The van der Waals surface area contributed by atoms with Gasteiger partial charge in [0.25, 0.3) is 10.4 Å². The van der Waals surface area contributed by atoms with Gasteiger partial charge in [-0.1, -0.05) is 0 Å². The van der Waals surface area contributed by atoms with Crippen LogP contribution >= 0.6 is 23.2 Å². The molecule has 0 bridgehead atoms. The smallest absolute Gasteiger partial charge is 0.298 e. The molecule has 0 atom stereocenters. The Balaban J connectivity index is 3.27. The predicted octanol–water partition coefficient (Wildman–Crippen LogP) is 1.35. The third kappa shape index (κ3) is 1.61. The minimum Gasteiger partial charge on any atom is -0.618 e. The highest BCUT2D eigenvalue weighted by molar-refractivity contribution is 6.68. The van der Waals surface area contributed by atoms with E-state index >= 15 is 0 Å². The molecule has 1 aromatic heterocycles. The normalized spacial score (nSPS) is 9.64. The van der Waals surface area contributed by atoms with E-state index in [0.29, 0.717) is 4.73 Å². The molecule has 0 saturated heterocycles. The molecule has 0 aliphatic heterocycles. The second-order valence-corrected chi connectivity index (χ2v) is 2.51. The van der Waals surface area contributed by atoms with Gasteiger partial charge in [0.05, 0.1) is 0 Å². The SMILES string of the molecule is O=C(Cl)c1ccc[n+]([O-])c1Cl. The second kappa shape index (κ2) is 3.07. The van der Waals surface area contributed by atoms with Gasteiger partial charge >= 0.3 is 0 Å². The molecular formula is C6H3Cl2NO2. The van der Waals surface area contributed by atoms with E-state index in [9.17, 15) is 10.0 Å². The Labute approximate surface area is 72.7 Å². The first-order valence-corrected chi connectivity index (χ1v) is 3.46. The summed E-state index contributed by atoms with van der Waals surface area (Å²) < 4.78 is 0.372. The molecule has 0 aliphatic rings. The lowest BCUT2D eigenvalue weighted by Crippen LogP contribution is -2.28. The number of hydrogen-bond acceptors (Lipinski definition) is 2. The Morgan fingerprint density at radius 3 is 2.73 bits per heavy atom. The van der Waals surface area contributed by atoms with E-state index in [4.69, 9.17) is 23.2 Å². The Kier molecular flexibility index (Phi) is 2.31. The lowest BCUT2D eigenvalue weighted by molar-refractivity contribution is -0.603. The molecule has 0 aromatic carbocycles. The quantitative estimate of drug-likeness (QED) is 0.291. The van der Waals surface area contributed by atoms with Crippen LogP contribution in [0.3, 0.4) is 0 Å². The van der Waals surface area contributed by atoms with E-state index in [1.165, 1.54) is 18.3 Å². The summed E-state index contributed by atoms with van der Waals surface area (Å²) in [5.41, 5.74) is 0.0193. The highest BCUT2D eigenvalue weighted by atomic mass is 35.5. The Morgan fingerprint density at radius 1 is 1.64 bits per heavy atom. The fourth-order valence-electron chi connectivity index (χ4n) is 0.617. The van der Waals surface area contributed by atoms with Gasteiger partial charge in [0.15, 0.2) is 6.20 Å². The van der Waals surface area contributed by atoms with E-state index in [1.807, 2.05) is 0 Å². The zero-order valence-electron chi connectivity index (χ0n) is 5.25. The summed E-state index contributed by atoms with van der Waals surface area (Å²) in [6.07, 6.45) is 1.19. The van der Waals surface area contributed by atoms with E-state index in [2.05, 4.69) is 0 Å². The van der Waals surface area contributed by atoms with Crippen LogP contribution in [-0.4, -0.2) is 5.24 Å². The first-order chi connectivity index (χ1) is 5.13. The monoisotopic (exact) mass is 191 g/mol. The minimum atomic E-state index is -0.736. The van der Waals surface area contributed by atoms with Crippen molar-refractivity contribution in [2.45, 2.75) is 0 Å². The average molecular weight is 192 g/mol. The van der Waals surface area contributed by atoms with Crippen LogP contribution in [0, 0.1) is 5.21 Å². The van der Waals surface area contributed by atoms with Crippen molar-refractivity contribution in [2.24, 2.45) is 0 Å². The third-order valence-corrected chi connectivity index (χ3v) is 1.69. The van der Waals surface area contributed by atoms with Crippen LogP contribution in [0.2, 0.25) is 5.15 Å². The second-order valence-electron chi connectivity index (χ2n) is 1.81. The summed E-state index contributed by atoms with van der Waals surface area (Å²) in [5, 5.41) is 9.78. The molecule has 3 nitrogen and oxygen atoms in total. The Morgan fingerprint density at radius 2 is 2.27 bits per heavy atom. The molecule has 0 unspecified atom stereocenters. The van der Waals surface area contributed by atoms with Crippen molar-refractivity contribution < 1.29 is 9.52 Å². The molecule has 5 heteroatoms. The summed E-state index contributed by atoms with van der Waals surface area (Å²) in [6, 6.07) is 2.78. The van der Waals surface area contributed by atoms with Crippen LogP contribution in [-0.2, 0) is 0 Å². The zero-order chi connectivity index (χ0) is 8.43. The van der Waals surface area contributed by atoms with E-state index < -0.39 is 5.24 Å². The van der Waals surface area contributed by atoms with Gasteiger partial charge in [-0.15, -0.1) is 0 Å². The van der Waals surface area contributed by atoms with Gasteiger partial charge in [-0.3, -0.25) is 4.79 Å². The maximum atomic E-state index is 10.7. The van der Waals surface area contributed by atoms with Crippen molar-refractivity contribution in [2.75, 3.05) is 0 Å². The number of aromatic nitrogens is 1. The average Bonchev–Trinajstić information content (AvgIpc) is 1.94. The summed E-state index contributed by atoms with van der Waals surface area (Å²) >= 11 is 10.5. The molecular weight excluding hydrogens is 189 g/mol. The number of carbonyl (C=O) groups excluding carboxylic acids is 1. The molecule has 1 heterocycles. The molecule has 0 N–H and O–H groups in total. The summed E-state index contributed by atoms with van der Waals surface area (Å²) in [5.74, 6) is 0. The van der Waals surface area contributed by atoms with Crippen molar-refractivity contribution in [3.8, 4) is 0 Å². The fraction of sp³-hybridized carbons (Fsp3) is 0. The van der Waals surface area contributed by atoms with Crippen LogP contribution in [0.25, 0.3) is 0 Å². The predicted molar refractivity (Wildman–Crippen MR) is 40.6 cm³/mol. The first kappa shape index (κ1) is 8.30. The first-order valence-electron chi connectivity index (χ1n) is 2.70. The van der Waals surface area contributed by atoms with Crippen molar-refractivity contribution >= 4 is 28.4 Å². The van der Waals surface area contributed by atoms with Crippen molar-refractivity contribution in [1.29, 1.82) is 0 Å². The zero-order valence-corrected chi connectivity index (χ0v) is 6.76. The van der Waals surface area contributed by atoms with Gasteiger partial charge in [-0.25, -0.2) is 0 Å². The number of carbonyl (C=O) groups is 1. The Hall–Kier alpha value is -0.800. The lowest BCUT2D eigenvalue weighted by atomic mass is 10.3. The molecule has 1 aromatic rings. The number of nitrogens with zero attached hydrogens (tertiary/aromatic N) is 1. The van der Waals surface area contributed by atoms with Gasteiger partial charge in [0, 0.05) is 6.07 Å². The van der Waals surface area contributed by atoms with Gasteiger partial charge in [-0.05, 0) is 29.3 Å². The molecule has 0 fully saturated rings. The van der Waals surface area contributed by atoms with Crippen molar-refractivity contribution in [3.63, 3.8) is 0 Å². The van der Waals surface area contributed by atoms with Crippen molar-refractivity contribution in [1.82, 2.24) is 0 Å². The topological polar surface area (TPSA) is 44.0 Å². The summed E-state index contributed by atoms with van der Waals surface area (Å²) in [4.78, 5) is 10.5. The highest BCUT2D eigenvalue weighted by Crippen LogP contribution is 2.11. The lowest BCUT2D eigenvalue weighted by Gasteiger charge is -1.98. The number of halogens is 2. The minimum absolute atomic E-state index is 0.0193. The third-order valence-electron chi connectivity index (χ3n) is 1.11. The highest BCUT2D eigenvalue weighted by Gasteiger charge is 2.13. The van der Waals surface area contributed by atoms with E-state index in [0.717, 1.165) is 0 Å². The van der Waals surface area contributed by atoms with Crippen LogP contribution in [0.1, 0.15) is 10.4 Å². The summed E-state index contributed by atoms with van der Waals surface area (Å²) in [7, 11) is 0. The number of hydrogen-bond donors (Lipinski definition) is 0. The largest absolute Gasteiger partial charge is 0.618 e. The van der Waals surface area contributed by atoms with Gasteiger partial charge < -0.3 is 5.21 Å². The van der Waals surface area contributed by atoms with Crippen LogP contribution in [0.5, 0.6) is 0 Å². The van der Waals surface area contributed by atoms with Crippen LogP contribution < -0.4 is 4.73 Å². The molecule has 0 aliphatic carbocycles. The number of pyridine rings is 1. The van der Waals surface area contributed by atoms with Crippen molar-refractivity contribution in [3.05, 3.63) is 34.3 Å². The molecule has 0 spiro atoms. The van der Waals surface area contributed by atoms with E-state index in [1.54, 1.807) is 0 Å². The van der Waals surface area contributed by atoms with Crippen LogP contribution in [0.15, 0.2) is 18.3 Å². The molecule has 58 valence electrons. The molecule has 0 radical (unpaired) electrons. The summed E-state index contributed by atoms with van der Waals surface area (Å²) in [6.45, 7) is 0. The van der Waals surface area contributed by atoms with Gasteiger partial charge in [0.1, 0.15) is 5.56 Å². The van der Waals surface area contributed by atoms with Crippen LogP contribution in [0.4, 0.5) is 0 Å². The maximum Gasteiger partial charge on any atom is 0.298 e. The molecule has 1 rings (SSSR count). The Bertz CT molecular complexity index is 301. The standard InChI is InChI=1S/C6H3Cl2NO2/c7-5-4(6(8)10)2-1-3-9(5)11/h1-3H. The molecule has 0 saturated carbocycles. The van der Waals surface area contributed by atoms with E-state index in [-0.39, 0.29) is 10.7 Å². The number of rotatable bonds is 1.